The molecule has 0 fully saturated rings. The molecule has 0 saturated heterocycles. The third-order valence-electron chi connectivity index (χ3n) is 2.30. The number of nitrogens with one attached hydrogen (secondary N) is 2. The zero-order chi connectivity index (χ0) is 11.0. The van der Waals surface area contributed by atoms with E-state index in [-0.39, 0.29) is 11.6 Å². The van der Waals surface area contributed by atoms with Crippen molar-refractivity contribution in [3.05, 3.63) is 0 Å². The van der Waals surface area contributed by atoms with Crippen molar-refractivity contribution in [1.29, 1.82) is 0 Å². The molecule has 0 aliphatic rings. The molecule has 0 amide bonds. The summed E-state index contributed by atoms with van der Waals surface area (Å²) in [5.41, 5.74) is 0.116. The number of methoxy groups -OCH3 is 2. The van der Waals surface area contributed by atoms with Gasteiger partial charge in [0.1, 0.15) is 0 Å². The monoisotopic (exact) mass is 204 g/mol. The van der Waals surface area contributed by atoms with Gasteiger partial charge in [0.2, 0.25) is 0 Å². The molecule has 1 atom stereocenters. The van der Waals surface area contributed by atoms with Crippen LogP contribution in [0.3, 0.4) is 0 Å². The highest BCUT2D eigenvalue weighted by Gasteiger charge is 2.14. The second kappa shape index (κ2) is 7.17. The third kappa shape index (κ3) is 6.32. The molecule has 4 heteroatoms. The van der Waals surface area contributed by atoms with E-state index in [9.17, 15) is 0 Å². The van der Waals surface area contributed by atoms with Crippen molar-refractivity contribution in [3.8, 4) is 0 Å². The quantitative estimate of drug-likeness (QED) is 0.594. The van der Waals surface area contributed by atoms with Crippen LogP contribution in [-0.2, 0) is 9.47 Å². The second-order valence-corrected chi connectivity index (χ2v) is 4.08. The van der Waals surface area contributed by atoms with Crippen molar-refractivity contribution in [1.82, 2.24) is 10.6 Å². The Bertz CT molecular complexity index is 140. The first-order valence-corrected chi connectivity index (χ1v) is 4.97. The number of likely N-dealkylation sites (N-methyl/N-ethyl adjacent to an activating group) is 1. The summed E-state index contributed by atoms with van der Waals surface area (Å²) in [6.45, 7) is 6.66. The highest BCUT2D eigenvalue weighted by molar-refractivity contribution is 4.78. The lowest BCUT2D eigenvalue weighted by Gasteiger charge is -2.25. The zero-order valence-electron chi connectivity index (χ0n) is 10.0. The van der Waals surface area contributed by atoms with E-state index in [1.54, 1.807) is 14.2 Å². The van der Waals surface area contributed by atoms with Crippen molar-refractivity contribution in [2.45, 2.75) is 25.5 Å². The van der Waals surface area contributed by atoms with Gasteiger partial charge in [-0.15, -0.1) is 0 Å². The van der Waals surface area contributed by atoms with E-state index in [2.05, 4.69) is 24.5 Å². The minimum absolute atomic E-state index is 0.116. The Morgan fingerprint density at radius 2 is 1.93 bits per heavy atom. The number of hydrogen-bond acceptors (Lipinski definition) is 4. The standard InChI is InChI=1S/C10H24N2O2/c1-10(2,11-3)8-12-6-9(14-5)7-13-4/h9,11-12H,6-8H2,1-5H3. The van der Waals surface area contributed by atoms with Gasteiger partial charge in [0, 0.05) is 32.8 Å². The third-order valence-corrected chi connectivity index (χ3v) is 2.30. The highest BCUT2D eigenvalue weighted by atomic mass is 16.5. The van der Waals surface area contributed by atoms with E-state index in [0.29, 0.717) is 6.61 Å². The molecule has 4 nitrogen and oxygen atoms in total. The van der Waals surface area contributed by atoms with Crippen molar-refractivity contribution in [3.63, 3.8) is 0 Å². The van der Waals surface area contributed by atoms with Crippen LogP contribution in [0, 0.1) is 0 Å². The molecule has 0 aromatic heterocycles. The fourth-order valence-electron chi connectivity index (χ4n) is 1.03. The van der Waals surface area contributed by atoms with Crippen LogP contribution in [0.1, 0.15) is 13.8 Å². The second-order valence-electron chi connectivity index (χ2n) is 4.08. The molecule has 86 valence electrons. The van der Waals surface area contributed by atoms with Gasteiger partial charge in [0.05, 0.1) is 12.7 Å². The largest absolute Gasteiger partial charge is 0.382 e. The Labute approximate surface area is 87.4 Å². The molecule has 0 saturated carbocycles. The molecule has 0 aromatic carbocycles. The van der Waals surface area contributed by atoms with Crippen molar-refractivity contribution in [2.75, 3.05) is 41.0 Å². The van der Waals surface area contributed by atoms with Gasteiger partial charge in [-0.1, -0.05) is 0 Å². The Balaban J connectivity index is 3.60. The Kier molecular flexibility index (Phi) is 7.09. The van der Waals surface area contributed by atoms with Gasteiger partial charge < -0.3 is 20.1 Å². The molecule has 1 unspecified atom stereocenters. The van der Waals surface area contributed by atoms with Crippen molar-refractivity contribution < 1.29 is 9.47 Å². The summed E-state index contributed by atoms with van der Waals surface area (Å²) in [6.07, 6.45) is 0.132. The smallest absolute Gasteiger partial charge is 0.0928 e. The van der Waals surface area contributed by atoms with E-state index >= 15 is 0 Å². The normalized spacial score (nSPS) is 14.4. The molecule has 14 heavy (non-hydrogen) atoms. The highest BCUT2D eigenvalue weighted by Crippen LogP contribution is 1.98. The maximum Gasteiger partial charge on any atom is 0.0928 e. The lowest BCUT2D eigenvalue weighted by Crippen LogP contribution is -2.47. The fraction of sp³-hybridized carbons (Fsp3) is 1.00. The summed E-state index contributed by atoms with van der Waals surface area (Å²) >= 11 is 0. The molecule has 0 aliphatic carbocycles. The first-order chi connectivity index (χ1) is 6.55. The molecular weight excluding hydrogens is 180 g/mol. The van der Waals surface area contributed by atoms with E-state index in [4.69, 9.17) is 9.47 Å². The van der Waals surface area contributed by atoms with Crippen molar-refractivity contribution >= 4 is 0 Å². The fourth-order valence-corrected chi connectivity index (χ4v) is 1.03. The predicted molar refractivity (Wildman–Crippen MR) is 58.7 cm³/mol. The van der Waals surface area contributed by atoms with Gasteiger partial charge in [0.15, 0.2) is 0 Å². The van der Waals surface area contributed by atoms with Gasteiger partial charge in [0.25, 0.3) is 0 Å². The maximum atomic E-state index is 5.23. The molecule has 0 radical (unpaired) electrons. The zero-order valence-corrected chi connectivity index (χ0v) is 10.0. The maximum absolute atomic E-state index is 5.23. The van der Waals surface area contributed by atoms with E-state index in [0.717, 1.165) is 13.1 Å². The van der Waals surface area contributed by atoms with Gasteiger partial charge in [-0.3, -0.25) is 0 Å². The van der Waals surface area contributed by atoms with Crippen LogP contribution in [0.5, 0.6) is 0 Å². The molecular formula is C10H24N2O2. The summed E-state index contributed by atoms with van der Waals surface area (Å²) in [6, 6.07) is 0. The van der Waals surface area contributed by atoms with E-state index < -0.39 is 0 Å². The van der Waals surface area contributed by atoms with E-state index in [1.807, 2.05) is 7.05 Å². The minimum atomic E-state index is 0.116. The average Bonchev–Trinajstić information content (AvgIpc) is 2.16. The molecule has 0 bridgehead atoms. The summed E-state index contributed by atoms with van der Waals surface area (Å²) < 4.78 is 10.3. The first-order valence-electron chi connectivity index (χ1n) is 4.97. The number of ether oxygens (including phenoxy) is 2. The summed E-state index contributed by atoms with van der Waals surface area (Å²) in [7, 11) is 5.35. The Morgan fingerprint density at radius 3 is 2.36 bits per heavy atom. The van der Waals surface area contributed by atoms with Crippen LogP contribution in [0.2, 0.25) is 0 Å². The number of rotatable bonds is 8. The SMILES string of the molecule is CNC(C)(C)CNCC(COC)OC. The summed E-state index contributed by atoms with van der Waals surface area (Å²) in [4.78, 5) is 0. The molecule has 0 aliphatic heterocycles. The molecule has 0 spiro atoms. The molecule has 0 rings (SSSR count). The average molecular weight is 204 g/mol. The van der Waals surface area contributed by atoms with Gasteiger partial charge in [-0.2, -0.15) is 0 Å². The van der Waals surface area contributed by atoms with Crippen LogP contribution in [0.25, 0.3) is 0 Å². The van der Waals surface area contributed by atoms with E-state index in [1.165, 1.54) is 0 Å². The topological polar surface area (TPSA) is 42.5 Å². The number of hydrogen-bond donors (Lipinski definition) is 2. The van der Waals surface area contributed by atoms with Crippen LogP contribution < -0.4 is 10.6 Å². The Hall–Kier alpha value is -0.160. The van der Waals surface area contributed by atoms with Crippen LogP contribution in [0.15, 0.2) is 0 Å². The van der Waals surface area contributed by atoms with Crippen LogP contribution in [-0.4, -0.2) is 52.6 Å². The lowest BCUT2D eigenvalue weighted by molar-refractivity contribution is 0.0283. The first kappa shape index (κ1) is 13.8. The lowest BCUT2D eigenvalue weighted by atomic mass is 10.1. The van der Waals surface area contributed by atoms with Crippen LogP contribution in [0.4, 0.5) is 0 Å². The molecule has 2 N–H and O–H groups in total. The van der Waals surface area contributed by atoms with Gasteiger partial charge >= 0.3 is 0 Å². The summed E-state index contributed by atoms with van der Waals surface area (Å²) in [5, 5.41) is 6.58. The molecule has 0 heterocycles. The van der Waals surface area contributed by atoms with Crippen LogP contribution >= 0.6 is 0 Å². The Morgan fingerprint density at radius 1 is 1.29 bits per heavy atom. The minimum Gasteiger partial charge on any atom is -0.382 e. The molecule has 0 aromatic rings. The predicted octanol–water partition coefficient (Wildman–Crippen LogP) is 0.235. The van der Waals surface area contributed by atoms with Gasteiger partial charge in [-0.05, 0) is 20.9 Å². The van der Waals surface area contributed by atoms with Gasteiger partial charge in [-0.25, -0.2) is 0 Å². The summed E-state index contributed by atoms with van der Waals surface area (Å²) in [5.74, 6) is 0. The van der Waals surface area contributed by atoms with Crippen molar-refractivity contribution in [2.24, 2.45) is 0 Å².